The van der Waals surface area contributed by atoms with E-state index in [9.17, 15) is 13.6 Å². The molecule has 0 unspecified atom stereocenters. The van der Waals surface area contributed by atoms with E-state index in [2.05, 4.69) is 15.0 Å². The highest BCUT2D eigenvalue weighted by molar-refractivity contribution is 5.88. The zero-order valence-corrected chi connectivity index (χ0v) is 11.9. The average Bonchev–Trinajstić information content (AvgIpc) is 2.80. The molecule has 0 saturated heterocycles. The van der Waals surface area contributed by atoms with Gasteiger partial charge in [-0.3, -0.25) is 0 Å². The second-order valence-corrected chi connectivity index (χ2v) is 4.90. The summed E-state index contributed by atoms with van der Waals surface area (Å²) in [5.74, 6) is -1.96. The van der Waals surface area contributed by atoms with Gasteiger partial charge in [0.1, 0.15) is 11.6 Å². The standard InChI is InChI=1S/C14H15F2N3O2/c1-8(2)13-12(14(20)21-3)17-18-19(13)7-9-4-10(15)6-11(16)5-9/h4-6,8H,7H2,1-3H3. The number of benzene rings is 1. The van der Waals surface area contributed by atoms with Crippen molar-refractivity contribution in [2.75, 3.05) is 7.11 Å². The molecule has 0 saturated carbocycles. The molecule has 1 aromatic carbocycles. The molecule has 0 radical (unpaired) electrons. The third kappa shape index (κ3) is 3.24. The predicted octanol–water partition coefficient (Wildman–Crippen LogP) is 2.51. The van der Waals surface area contributed by atoms with E-state index < -0.39 is 17.6 Å². The first-order valence-corrected chi connectivity index (χ1v) is 6.39. The number of aromatic nitrogens is 3. The van der Waals surface area contributed by atoms with Crippen molar-refractivity contribution in [3.63, 3.8) is 0 Å². The van der Waals surface area contributed by atoms with E-state index >= 15 is 0 Å². The molecule has 7 heteroatoms. The molecule has 0 spiro atoms. The number of rotatable bonds is 4. The number of ether oxygens (including phenoxy) is 1. The van der Waals surface area contributed by atoms with Gasteiger partial charge in [-0.1, -0.05) is 19.1 Å². The summed E-state index contributed by atoms with van der Waals surface area (Å²) in [6.45, 7) is 3.85. The normalized spacial score (nSPS) is 11.0. The van der Waals surface area contributed by atoms with Crippen molar-refractivity contribution < 1.29 is 18.3 Å². The second-order valence-electron chi connectivity index (χ2n) is 4.90. The molecule has 0 bridgehead atoms. The predicted molar refractivity (Wildman–Crippen MR) is 70.9 cm³/mol. The number of hydrogen-bond acceptors (Lipinski definition) is 4. The molecule has 0 amide bonds. The second kappa shape index (κ2) is 5.99. The SMILES string of the molecule is COC(=O)c1nnn(Cc2cc(F)cc(F)c2)c1C(C)C. The molecule has 0 aliphatic rings. The number of carbonyl (C=O) groups excluding carboxylic acids is 1. The van der Waals surface area contributed by atoms with Gasteiger partial charge >= 0.3 is 5.97 Å². The van der Waals surface area contributed by atoms with Crippen LogP contribution in [0.25, 0.3) is 0 Å². The number of halogens is 2. The Morgan fingerprint density at radius 3 is 2.43 bits per heavy atom. The summed E-state index contributed by atoms with van der Waals surface area (Å²) in [6.07, 6.45) is 0. The minimum atomic E-state index is -0.663. The van der Waals surface area contributed by atoms with Crippen LogP contribution in [0.2, 0.25) is 0 Å². The van der Waals surface area contributed by atoms with E-state index in [1.54, 1.807) is 0 Å². The Morgan fingerprint density at radius 2 is 1.90 bits per heavy atom. The molecular formula is C14H15F2N3O2. The van der Waals surface area contributed by atoms with Crippen LogP contribution in [0.15, 0.2) is 18.2 Å². The minimum absolute atomic E-state index is 0.0486. The Morgan fingerprint density at radius 1 is 1.29 bits per heavy atom. The van der Waals surface area contributed by atoms with E-state index in [0.29, 0.717) is 11.3 Å². The van der Waals surface area contributed by atoms with E-state index in [0.717, 1.165) is 6.07 Å². The number of methoxy groups -OCH3 is 1. The molecule has 0 N–H and O–H groups in total. The van der Waals surface area contributed by atoms with Crippen molar-refractivity contribution in [3.8, 4) is 0 Å². The third-order valence-corrected chi connectivity index (χ3v) is 2.95. The van der Waals surface area contributed by atoms with Gasteiger partial charge in [-0.05, 0) is 23.6 Å². The van der Waals surface area contributed by atoms with Crippen LogP contribution in [0.1, 0.15) is 41.5 Å². The molecule has 21 heavy (non-hydrogen) atoms. The molecule has 2 rings (SSSR count). The third-order valence-electron chi connectivity index (χ3n) is 2.95. The van der Waals surface area contributed by atoms with Crippen LogP contribution < -0.4 is 0 Å². The van der Waals surface area contributed by atoms with Gasteiger partial charge in [-0.2, -0.15) is 0 Å². The number of carbonyl (C=O) groups is 1. The van der Waals surface area contributed by atoms with Crippen molar-refractivity contribution in [1.29, 1.82) is 0 Å². The summed E-state index contributed by atoms with van der Waals surface area (Å²) in [4.78, 5) is 11.7. The van der Waals surface area contributed by atoms with Crippen LogP contribution in [0.3, 0.4) is 0 Å². The van der Waals surface area contributed by atoms with Crippen molar-refractivity contribution in [2.24, 2.45) is 0 Å². The fourth-order valence-corrected chi connectivity index (χ4v) is 2.13. The lowest BCUT2D eigenvalue weighted by Gasteiger charge is -2.10. The monoisotopic (exact) mass is 295 g/mol. The van der Waals surface area contributed by atoms with Gasteiger partial charge in [0.05, 0.1) is 19.3 Å². The van der Waals surface area contributed by atoms with Gasteiger partial charge in [0.2, 0.25) is 0 Å². The van der Waals surface area contributed by atoms with Crippen molar-refractivity contribution in [3.05, 3.63) is 46.8 Å². The lowest BCUT2D eigenvalue weighted by molar-refractivity contribution is 0.0592. The van der Waals surface area contributed by atoms with E-state index in [1.807, 2.05) is 13.8 Å². The average molecular weight is 295 g/mol. The fourth-order valence-electron chi connectivity index (χ4n) is 2.13. The largest absolute Gasteiger partial charge is 0.464 e. The molecule has 5 nitrogen and oxygen atoms in total. The van der Waals surface area contributed by atoms with Gasteiger partial charge in [0, 0.05) is 6.07 Å². The van der Waals surface area contributed by atoms with Crippen LogP contribution in [-0.2, 0) is 11.3 Å². The lowest BCUT2D eigenvalue weighted by Crippen LogP contribution is -2.12. The maximum atomic E-state index is 13.2. The van der Waals surface area contributed by atoms with Crippen molar-refractivity contribution in [2.45, 2.75) is 26.3 Å². The van der Waals surface area contributed by atoms with Gasteiger partial charge in [0.25, 0.3) is 0 Å². The molecule has 1 heterocycles. The van der Waals surface area contributed by atoms with Crippen LogP contribution in [-0.4, -0.2) is 28.1 Å². The highest BCUT2D eigenvalue weighted by Crippen LogP contribution is 2.20. The number of esters is 1. The Hall–Kier alpha value is -2.31. The first kappa shape index (κ1) is 15.1. The maximum Gasteiger partial charge on any atom is 0.360 e. The van der Waals surface area contributed by atoms with Crippen LogP contribution in [0.5, 0.6) is 0 Å². The van der Waals surface area contributed by atoms with Crippen LogP contribution in [0.4, 0.5) is 8.78 Å². The van der Waals surface area contributed by atoms with Crippen LogP contribution in [0, 0.1) is 11.6 Å². The van der Waals surface area contributed by atoms with Crippen molar-refractivity contribution in [1.82, 2.24) is 15.0 Å². The van der Waals surface area contributed by atoms with Gasteiger partial charge in [0.15, 0.2) is 5.69 Å². The van der Waals surface area contributed by atoms with Gasteiger partial charge in [-0.25, -0.2) is 18.3 Å². The summed E-state index contributed by atoms with van der Waals surface area (Å²) in [5, 5.41) is 7.68. The zero-order valence-electron chi connectivity index (χ0n) is 11.9. The fraction of sp³-hybridized carbons (Fsp3) is 0.357. The first-order valence-electron chi connectivity index (χ1n) is 6.39. The quantitative estimate of drug-likeness (QED) is 0.813. The number of nitrogens with zero attached hydrogens (tertiary/aromatic N) is 3. The molecule has 0 fully saturated rings. The van der Waals surface area contributed by atoms with Gasteiger partial charge < -0.3 is 4.74 Å². The number of hydrogen-bond donors (Lipinski definition) is 0. The topological polar surface area (TPSA) is 57.0 Å². The van der Waals surface area contributed by atoms with Crippen molar-refractivity contribution >= 4 is 5.97 Å². The Balaban J connectivity index is 2.40. The molecule has 0 aliphatic carbocycles. The summed E-state index contributed by atoms with van der Waals surface area (Å²) in [7, 11) is 1.26. The molecule has 0 atom stereocenters. The zero-order chi connectivity index (χ0) is 15.6. The Bertz CT molecular complexity index is 648. The lowest BCUT2D eigenvalue weighted by atomic mass is 10.1. The molecular weight excluding hydrogens is 280 g/mol. The maximum absolute atomic E-state index is 13.2. The van der Waals surface area contributed by atoms with E-state index in [4.69, 9.17) is 0 Å². The minimum Gasteiger partial charge on any atom is -0.464 e. The Kier molecular flexibility index (Phi) is 4.30. The van der Waals surface area contributed by atoms with Gasteiger partial charge in [-0.15, -0.1) is 5.10 Å². The highest BCUT2D eigenvalue weighted by Gasteiger charge is 2.22. The molecule has 112 valence electrons. The molecule has 0 aliphatic heterocycles. The smallest absolute Gasteiger partial charge is 0.360 e. The summed E-state index contributed by atoms with van der Waals surface area (Å²) >= 11 is 0. The van der Waals surface area contributed by atoms with E-state index in [-0.39, 0.29) is 18.2 Å². The summed E-state index contributed by atoms with van der Waals surface area (Å²) in [5.41, 5.74) is 1.08. The summed E-state index contributed by atoms with van der Waals surface area (Å²) < 4.78 is 32.5. The van der Waals surface area contributed by atoms with Crippen LogP contribution >= 0.6 is 0 Å². The Labute approximate surface area is 120 Å². The molecule has 2 aromatic rings. The molecule has 1 aromatic heterocycles. The first-order chi connectivity index (χ1) is 9.92. The van der Waals surface area contributed by atoms with E-state index in [1.165, 1.54) is 23.9 Å². The highest BCUT2D eigenvalue weighted by atomic mass is 19.1. The summed E-state index contributed by atoms with van der Waals surface area (Å²) in [6, 6.07) is 3.23.